The van der Waals surface area contributed by atoms with Gasteiger partial charge in [-0.3, -0.25) is 14.5 Å². The van der Waals surface area contributed by atoms with Crippen LogP contribution in [-0.4, -0.2) is 119 Å². The number of nitriles is 1. The third-order valence-electron chi connectivity index (χ3n) is 16.4. The van der Waals surface area contributed by atoms with Gasteiger partial charge in [0.05, 0.1) is 40.1 Å². The van der Waals surface area contributed by atoms with Crippen molar-refractivity contribution in [3.63, 3.8) is 0 Å². The number of carbonyl (C=O) groups excluding carboxylic acids is 2. The number of nitrogens with one attached hydrogen (secondary N) is 2. The van der Waals surface area contributed by atoms with E-state index >= 15 is 22.0 Å². The van der Waals surface area contributed by atoms with Crippen LogP contribution in [0.15, 0.2) is 65.2 Å². The number of carbonyl (C=O) groups is 2. The van der Waals surface area contributed by atoms with Crippen molar-refractivity contribution in [3.05, 3.63) is 112 Å². The molecule has 11 rings (SSSR count). The molecule has 4 aliphatic heterocycles. The smallest absolute Gasteiger partial charge is 0.417 e. The molecular weight excluding hydrogens is 1130 g/mol. The maximum Gasteiger partial charge on any atom is 0.417 e. The summed E-state index contributed by atoms with van der Waals surface area (Å²) < 4.78 is 138. The predicted molar refractivity (Wildman–Crippen MR) is 295 cm³/mol. The number of benzene rings is 4. The number of piperidine rings is 1. The zero-order valence-electron chi connectivity index (χ0n) is 45.7. The van der Waals surface area contributed by atoms with Gasteiger partial charge in [-0.05, 0) is 91.5 Å². The van der Waals surface area contributed by atoms with Gasteiger partial charge >= 0.3 is 12.2 Å². The highest BCUT2D eigenvalue weighted by Gasteiger charge is 2.44. The van der Waals surface area contributed by atoms with Crippen molar-refractivity contribution in [1.29, 1.82) is 5.26 Å². The van der Waals surface area contributed by atoms with E-state index in [2.05, 4.69) is 30.7 Å². The van der Waals surface area contributed by atoms with Crippen molar-refractivity contribution in [3.8, 4) is 40.2 Å². The lowest BCUT2D eigenvalue weighted by Crippen LogP contribution is -2.51. The van der Waals surface area contributed by atoms with E-state index in [-0.39, 0.29) is 111 Å². The number of β-amino-alcohol motifs (C(OH)–C–C–N with tert-alkyl or cyclic N) is 1. The number of aromatic nitrogens is 3. The number of aliphatic hydroxyl groups excluding tert-OH is 1. The van der Waals surface area contributed by atoms with E-state index in [1.165, 1.54) is 17.0 Å². The van der Waals surface area contributed by atoms with Gasteiger partial charge < -0.3 is 45.3 Å². The number of fused-ring (bicyclic) bond motifs is 4. The Hall–Kier alpha value is -7.66. The lowest BCUT2D eigenvalue weighted by molar-refractivity contribution is -0.141. The summed E-state index contributed by atoms with van der Waals surface area (Å²) in [6.45, 7) is 8.04. The van der Waals surface area contributed by atoms with Crippen LogP contribution in [0.1, 0.15) is 87.3 Å². The number of likely N-dealkylation sites (tertiary alicyclic amines) is 2. The second kappa shape index (κ2) is 23.4. The Balaban J connectivity index is 0.721. The van der Waals surface area contributed by atoms with Crippen LogP contribution in [0.25, 0.3) is 43.2 Å². The Bertz CT molecular complexity index is 3660. The summed E-state index contributed by atoms with van der Waals surface area (Å²) in [5, 5.41) is 30.6. The molecule has 0 spiro atoms. The van der Waals surface area contributed by atoms with E-state index in [1.807, 2.05) is 24.8 Å². The number of halogens is 8. The first-order chi connectivity index (χ1) is 40.1. The molecule has 4 aromatic carbocycles. The van der Waals surface area contributed by atoms with E-state index in [0.29, 0.717) is 61.8 Å². The van der Waals surface area contributed by atoms with E-state index in [9.17, 15) is 33.1 Å². The third kappa shape index (κ3) is 11.5. The lowest BCUT2D eigenvalue weighted by atomic mass is 9.91. The number of rotatable bonds is 16. The van der Waals surface area contributed by atoms with Gasteiger partial charge in [0.25, 0.3) is 5.88 Å². The highest BCUT2D eigenvalue weighted by Crippen LogP contribution is 2.48. The average molecular weight is 1190 g/mol. The largest absolute Gasteiger partial charge is 0.475 e. The van der Waals surface area contributed by atoms with Gasteiger partial charge in [-0.15, -0.1) is 11.3 Å². The first kappa shape index (κ1) is 58.1. The first-order valence-electron chi connectivity index (χ1n) is 27.7. The maximum atomic E-state index is 17.3. The Morgan fingerprint density at radius 1 is 0.917 bits per heavy atom. The summed E-state index contributed by atoms with van der Waals surface area (Å²) in [6.07, 6.45) is -2.98. The molecule has 2 amide bonds. The lowest BCUT2D eigenvalue weighted by Gasteiger charge is -2.34. The van der Waals surface area contributed by atoms with Crippen molar-refractivity contribution < 1.29 is 63.8 Å². The molecule has 3 aromatic heterocycles. The highest BCUT2D eigenvalue weighted by molar-refractivity contribution is 7.23. The van der Waals surface area contributed by atoms with Gasteiger partial charge in [0, 0.05) is 79.2 Å². The van der Waals surface area contributed by atoms with Crippen molar-refractivity contribution in [2.45, 2.75) is 95.2 Å². The minimum atomic E-state index is -5.10. The van der Waals surface area contributed by atoms with Crippen LogP contribution in [0.2, 0.25) is 0 Å². The molecule has 4 saturated heterocycles. The van der Waals surface area contributed by atoms with E-state index in [4.69, 9.17) is 19.7 Å². The topological polar surface area (TPSA) is 208 Å². The minimum absolute atomic E-state index is 0.0191. The molecule has 7 heterocycles. The summed E-state index contributed by atoms with van der Waals surface area (Å²) in [6, 6.07) is 11.6. The molecule has 7 aromatic rings. The quantitative estimate of drug-likeness (QED) is 0.0665. The molecule has 5 N–H and O–H groups in total. The molecule has 2 unspecified atom stereocenters. The van der Waals surface area contributed by atoms with Gasteiger partial charge in [-0.2, -0.15) is 28.4 Å². The molecule has 84 heavy (non-hydrogen) atoms. The van der Waals surface area contributed by atoms with Crippen LogP contribution in [0, 0.1) is 52.3 Å². The monoisotopic (exact) mass is 1190 g/mol. The SMILES string of the molecule is CC(C)[C@@H](C(=O)N1C[C@H](O)C[C@H]1C(=O)N[C@@H](C)c1ccc(-c2c(F)cc(F)cc2F)cc1)c1cc(OCC2CCN(CCOc3nc(N4CC5CCC(C4)N5)c4cc(C(F)(F)F)c(-c5ccc(F)c6sc(N)c(C#N)c56)c(F)c4n3)CC2)no1. The zero-order chi connectivity index (χ0) is 59.5. The molecular formula is C59H58F8N10O6S. The van der Waals surface area contributed by atoms with Crippen LogP contribution in [-0.2, 0) is 15.8 Å². The van der Waals surface area contributed by atoms with Gasteiger partial charge in [0.15, 0.2) is 11.6 Å². The molecule has 0 saturated carbocycles. The van der Waals surface area contributed by atoms with Gasteiger partial charge in [-0.25, -0.2) is 22.0 Å². The predicted octanol–water partition coefficient (Wildman–Crippen LogP) is 10.0. The molecule has 2 bridgehead atoms. The van der Waals surface area contributed by atoms with E-state index < -0.39 is 93.4 Å². The summed E-state index contributed by atoms with van der Waals surface area (Å²) in [5.74, 6) is -6.96. The number of hydrogen-bond donors (Lipinski definition) is 4. The highest BCUT2D eigenvalue weighted by atomic mass is 32.1. The Labute approximate surface area is 480 Å². The van der Waals surface area contributed by atoms with E-state index in [1.54, 1.807) is 25.1 Å². The molecule has 0 radical (unpaired) electrons. The minimum Gasteiger partial charge on any atom is -0.475 e. The molecule has 4 aliphatic rings. The number of nitrogen functional groups attached to an aromatic ring is 1. The Kier molecular flexibility index (Phi) is 16.2. The second-order valence-corrected chi connectivity index (χ2v) is 23.4. The number of piperazine rings is 1. The van der Waals surface area contributed by atoms with Gasteiger partial charge in [0.2, 0.25) is 11.8 Å². The zero-order valence-corrected chi connectivity index (χ0v) is 46.5. The maximum absolute atomic E-state index is 17.3. The molecule has 442 valence electrons. The number of nitrogens with two attached hydrogens (primary N) is 1. The molecule has 0 aliphatic carbocycles. The second-order valence-electron chi connectivity index (χ2n) is 22.4. The number of amides is 2. The number of ether oxygens (including phenoxy) is 2. The number of thiophene rings is 1. The van der Waals surface area contributed by atoms with Crippen LogP contribution in [0.5, 0.6) is 11.9 Å². The van der Waals surface area contributed by atoms with Crippen molar-refractivity contribution >= 4 is 55.0 Å². The summed E-state index contributed by atoms with van der Waals surface area (Å²) in [7, 11) is 0. The Morgan fingerprint density at radius 3 is 2.29 bits per heavy atom. The third-order valence-corrected chi connectivity index (χ3v) is 17.4. The first-order valence-corrected chi connectivity index (χ1v) is 28.5. The van der Waals surface area contributed by atoms with Crippen LogP contribution < -0.4 is 30.7 Å². The number of nitrogens with zero attached hydrogens (tertiary/aromatic N) is 7. The van der Waals surface area contributed by atoms with Crippen molar-refractivity contribution in [2.24, 2.45) is 11.8 Å². The standard InChI is InChI=1S/C59H58F8N10O6S/c1-28(2)47(57(80)77-26-36(78)20-44(77)56(79)70-29(3)31-4-6-32(7-5-31)48-42(62)18-33(60)19-43(48)63)45-22-46(74-83-45)82-27-30-12-14-75(15-13-30)16-17-81-58-72-52-38(55(73-58)76-24-34-8-9-35(25-76)71-34)21-40(59(65,66)67)50(51(52)64)37-10-11-41(61)53-49(37)39(23-68)54(69)84-53/h4-7,10-11,18-19,21-22,28-30,34-36,44,47,71,78H,8-9,12-17,20,24-27,69H2,1-3H3,(H,70,79)/t29-,34?,35?,36+,44-,47+/m0/s1. The fourth-order valence-corrected chi connectivity index (χ4v) is 13.1. The molecule has 25 heteroatoms. The summed E-state index contributed by atoms with van der Waals surface area (Å²) in [4.78, 5) is 42.4. The fraction of sp³-hybridized carbons (Fsp3) is 0.424. The van der Waals surface area contributed by atoms with Crippen LogP contribution in [0.4, 0.5) is 45.9 Å². The van der Waals surface area contributed by atoms with Gasteiger partial charge in [-0.1, -0.05) is 44.2 Å². The van der Waals surface area contributed by atoms with Crippen LogP contribution in [0.3, 0.4) is 0 Å². The molecule has 16 nitrogen and oxygen atoms in total. The van der Waals surface area contributed by atoms with Gasteiger partial charge in [0.1, 0.15) is 64.2 Å². The summed E-state index contributed by atoms with van der Waals surface area (Å²) in [5.41, 5.74) is 3.07. The normalized spacial score (nSPS) is 20.2. The number of anilines is 2. The Morgan fingerprint density at radius 2 is 1.62 bits per heavy atom. The molecule has 4 fully saturated rings. The summed E-state index contributed by atoms with van der Waals surface area (Å²) >= 11 is 0.684. The number of hydrogen-bond acceptors (Lipinski definition) is 15. The van der Waals surface area contributed by atoms with E-state index in [0.717, 1.165) is 43.9 Å². The average Bonchev–Trinajstić information content (AvgIpc) is 2.50. The number of alkyl halides is 3. The van der Waals surface area contributed by atoms with Crippen LogP contribution >= 0.6 is 11.3 Å². The van der Waals surface area contributed by atoms with Crippen molar-refractivity contribution in [1.82, 2.24) is 35.6 Å². The van der Waals surface area contributed by atoms with Crippen molar-refractivity contribution in [2.75, 3.05) is 63.1 Å². The molecule has 6 atom stereocenters. The fourth-order valence-electron chi connectivity index (χ4n) is 12.2. The number of aliphatic hydroxyl groups is 1.